The van der Waals surface area contributed by atoms with E-state index in [4.69, 9.17) is 0 Å². The molecule has 0 N–H and O–H groups in total. The van der Waals surface area contributed by atoms with Crippen LogP contribution < -0.4 is 24.8 Å². The van der Waals surface area contributed by atoms with Crippen molar-refractivity contribution in [3.63, 3.8) is 0 Å². The normalized spacial score (nSPS) is 14.6. The third-order valence-electron chi connectivity index (χ3n) is 5.71. The molecule has 2 aliphatic rings. The van der Waals surface area contributed by atoms with Crippen molar-refractivity contribution >= 4 is 0 Å². The van der Waals surface area contributed by atoms with Crippen molar-refractivity contribution in [3.05, 3.63) is 82.5 Å². The molecule has 29 heavy (non-hydrogen) atoms. The summed E-state index contributed by atoms with van der Waals surface area (Å²) >= 11 is 0. The van der Waals surface area contributed by atoms with E-state index in [2.05, 4.69) is 96.2 Å². The third kappa shape index (κ3) is 5.00. The summed E-state index contributed by atoms with van der Waals surface area (Å²) in [5, 5.41) is 0. The molecule has 0 amide bonds. The maximum absolute atomic E-state index is 3.84. The predicted molar refractivity (Wildman–Crippen MR) is 112 cm³/mol. The van der Waals surface area contributed by atoms with Gasteiger partial charge in [-0.05, 0) is 23.3 Å². The molecule has 151 valence electrons. The van der Waals surface area contributed by atoms with Crippen molar-refractivity contribution in [2.45, 2.75) is 64.7 Å². The van der Waals surface area contributed by atoms with Gasteiger partial charge in [-0.3, -0.25) is 0 Å². The first-order valence-electron chi connectivity index (χ1n) is 9.73. The van der Waals surface area contributed by atoms with Gasteiger partial charge in [-0.25, -0.2) is 0 Å². The molecule has 0 bridgehead atoms. The number of benzene rings is 2. The molecule has 0 nitrogen and oxygen atoms in total. The number of fused-ring (bicyclic) bond motifs is 3. The molecule has 3 heteroatoms. The van der Waals surface area contributed by atoms with Gasteiger partial charge < -0.3 is 24.8 Å². The van der Waals surface area contributed by atoms with Crippen molar-refractivity contribution in [1.29, 1.82) is 0 Å². The topological polar surface area (TPSA) is 0 Å². The molecule has 2 aromatic rings. The van der Waals surface area contributed by atoms with Crippen LogP contribution in [-0.2, 0) is 43.5 Å². The maximum atomic E-state index is 3.84. The number of hydrogen-bond donors (Lipinski definition) is 0. The fraction of sp³-hybridized carbons (Fsp3) is 0.385. The second-order valence-corrected chi connectivity index (χ2v) is 9.83. The van der Waals surface area contributed by atoms with Gasteiger partial charge in [0, 0.05) is 0 Å². The average molecular weight is 504 g/mol. The van der Waals surface area contributed by atoms with E-state index in [9.17, 15) is 0 Å². The second kappa shape index (κ2) is 9.25. The van der Waals surface area contributed by atoms with Crippen molar-refractivity contribution in [3.8, 4) is 11.1 Å². The minimum atomic E-state index is 0. The van der Waals surface area contributed by atoms with Crippen molar-refractivity contribution in [2.24, 2.45) is 0 Å². The van der Waals surface area contributed by atoms with Crippen molar-refractivity contribution in [2.75, 3.05) is 0 Å². The zero-order valence-corrected chi connectivity index (χ0v) is 22.1. The van der Waals surface area contributed by atoms with Gasteiger partial charge in [0.05, 0.1) is 0 Å². The first-order valence-corrected chi connectivity index (χ1v) is 9.73. The van der Waals surface area contributed by atoms with E-state index in [1.54, 1.807) is 0 Å². The van der Waals surface area contributed by atoms with E-state index in [1.807, 2.05) is 0 Å². The van der Waals surface area contributed by atoms with Crippen LogP contribution in [-0.4, -0.2) is 0 Å². The van der Waals surface area contributed by atoms with Gasteiger partial charge in [-0.15, -0.1) is 22.3 Å². The summed E-state index contributed by atoms with van der Waals surface area (Å²) in [6.45, 7) is 13.8. The molecule has 0 atom stereocenters. The quantitative estimate of drug-likeness (QED) is 0.433. The summed E-state index contributed by atoms with van der Waals surface area (Å²) in [6, 6.07) is 13.3. The van der Waals surface area contributed by atoms with Gasteiger partial charge in [-0.1, -0.05) is 101 Å². The molecule has 0 saturated heterocycles. The van der Waals surface area contributed by atoms with Gasteiger partial charge in [0.1, 0.15) is 0 Å². The molecule has 2 aromatic carbocycles. The number of rotatable bonds is 1. The van der Waals surface area contributed by atoms with Crippen LogP contribution in [0.1, 0.15) is 75.3 Å². The Kier molecular flexibility index (Phi) is 8.43. The van der Waals surface area contributed by atoms with E-state index in [-0.39, 0.29) is 61.8 Å². The summed E-state index contributed by atoms with van der Waals surface area (Å²) < 4.78 is 0. The summed E-state index contributed by atoms with van der Waals surface area (Å²) in [5.41, 5.74) is 10.1. The van der Waals surface area contributed by atoms with Gasteiger partial charge >= 0.3 is 26.2 Å². The van der Waals surface area contributed by atoms with E-state index in [1.165, 1.54) is 38.9 Å². The van der Waals surface area contributed by atoms with Crippen LogP contribution in [0.4, 0.5) is 0 Å². The van der Waals surface area contributed by atoms with Crippen LogP contribution in [0.25, 0.3) is 11.1 Å². The summed E-state index contributed by atoms with van der Waals surface area (Å²) in [7, 11) is 0. The Morgan fingerprint density at radius 2 is 1.45 bits per heavy atom. The number of hydrogen-bond acceptors (Lipinski definition) is 0. The standard InChI is InChI=1S/C26H29.2ClH.Zr/c1-25(2,3)20-12-11-18-13-19-14-23(17-9-7-8-10-17)24(26(4,5)6)16-22(19)21(18)15-20;;;/h7-12,15-17H,13H2,1-6H3;2*1H;/q-1;;;+3/p-2. The predicted octanol–water partition coefficient (Wildman–Crippen LogP) is 0.868. The molecule has 0 saturated carbocycles. The molecular formula is C26H29Cl2Zr. The van der Waals surface area contributed by atoms with Gasteiger partial charge in [0.25, 0.3) is 0 Å². The summed E-state index contributed by atoms with van der Waals surface area (Å²) in [6.07, 6.45) is 9.89. The summed E-state index contributed by atoms with van der Waals surface area (Å²) in [4.78, 5) is 0. The molecule has 0 unspecified atom stereocenters. The van der Waals surface area contributed by atoms with Gasteiger partial charge in [0.15, 0.2) is 0 Å². The molecule has 0 fully saturated rings. The van der Waals surface area contributed by atoms with E-state index < -0.39 is 0 Å². The SMILES string of the molecule is CC(C)(C)c1ccc2c(c1)-c1cc(C(C)(C)C)c(C3C=CC=C3)[c-]c1C2.[Cl-].[Cl-].[Zr+3]. The Hall–Kier alpha value is -0.617. The average Bonchev–Trinajstić information content (AvgIpc) is 3.18. The molecule has 2 aliphatic carbocycles. The molecule has 0 spiro atoms. The van der Waals surface area contributed by atoms with E-state index in [0.717, 1.165) is 6.42 Å². The smallest absolute Gasteiger partial charge is 1.00 e. The van der Waals surface area contributed by atoms with Crippen LogP contribution in [0.5, 0.6) is 0 Å². The molecule has 0 aliphatic heterocycles. The number of allylic oxidation sites excluding steroid dienone is 4. The van der Waals surface area contributed by atoms with Crippen LogP contribution >= 0.6 is 0 Å². The Morgan fingerprint density at radius 3 is 2.00 bits per heavy atom. The third-order valence-corrected chi connectivity index (χ3v) is 5.71. The van der Waals surface area contributed by atoms with E-state index in [0.29, 0.717) is 5.92 Å². The second-order valence-electron chi connectivity index (χ2n) is 9.83. The van der Waals surface area contributed by atoms with Crippen LogP contribution in [0.15, 0.2) is 48.6 Å². The van der Waals surface area contributed by atoms with Gasteiger partial charge in [0.2, 0.25) is 0 Å². The number of halogens is 2. The minimum Gasteiger partial charge on any atom is -1.00 e. The monoisotopic (exact) mass is 501 g/mol. The molecule has 4 rings (SSSR count). The fourth-order valence-electron chi connectivity index (χ4n) is 4.13. The Balaban J connectivity index is 0.00000140. The van der Waals surface area contributed by atoms with Crippen molar-refractivity contribution < 1.29 is 51.0 Å². The van der Waals surface area contributed by atoms with E-state index >= 15 is 0 Å². The van der Waals surface area contributed by atoms with Crippen molar-refractivity contribution in [1.82, 2.24) is 0 Å². The Morgan fingerprint density at radius 1 is 0.828 bits per heavy atom. The van der Waals surface area contributed by atoms with Gasteiger partial charge in [-0.2, -0.15) is 12.1 Å². The Labute approximate surface area is 208 Å². The Bertz CT molecular complexity index is 928. The van der Waals surface area contributed by atoms with Crippen LogP contribution in [0.2, 0.25) is 0 Å². The zero-order valence-electron chi connectivity index (χ0n) is 18.2. The first kappa shape index (κ1) is 26.4. The molecule has 1 radical (unpaired) electrons. The zero-order chi connectivity index (χ0) is 18.7. The summed E-state index contributed by atoms with van der Waals surface area (Å²) in [5.74, 6) is 0.364. The largest absolute Gasteiger partial charge is 3.00 e. The van der Waals surface area contributed by atoms with Crippen LogP contribution in [0, 0.1) is 6.07 Å². The molecular weight excluding hydrogens is 474 g/mol. The molecule has 0 heterocycles. The molecule has 0 aromatic heterocycles. The van der Waals surface area contributed by atoms with Crippen LogP contribution in [0.3, 0.4) is 0 Å². The maximum Gasteiger partial charge on any atom is 3.00 e. The fourth-order valence-corrected chi connectivity index (χ4v) is 4.13. The first-order chi connectivity index (χ1) is 12.1. The minimum absolute atomic E-state index is 0.